The first kappa shape index (κ1) is 31.2. The first-order valence-corrected chi connectivity index (χ1v) is 14.1. The molecule has 0 N–H and O–H groups in total. The summed E-state index contributed by atoms with van der Waals surface area (Å²) < 4.78 is 7.05. The lowest BCUT2D eigenvalue weighted by Crippen LogP contribution is -3.00. The van der Waals surface area contributed by atoms with Crippen LogP contribution in [0.2, 0.25) is 0 Å². The molecule has 1 fully saturated rings. The zero-order valence-corrected chi connectivity index (χ0v) is 24.0. The Morgan fingerprint density at radius 3 is 1.94 bits per heavy atom. The molecule has 4 heteroatoms. The van der Waals surface area contributed by atoms with Gasteiger partial charge in [-0.15, -0.1) is 0 Å². The number of ether oxygens (including phenoxy) is 1. The number of hydrogen-bond donors (Lipinski definition) is 0. The number of carbonyl (C=O) groups is 1. The van der Waals surface area contributed by atoms with Gasteiger partial charge < -0.3 is 26.2 Å². The Labute approximate surface area is 221 Å². The van der Waals surface area contributed by atoms with Gasteiger partial charge in [0.1, 0.15) is 6.10 Å². The van der Waals surface area contributed by atoms with Gasteiger partial charge in [0.25, 0.3) is 0 Å². The molecule has 1 aliphatic rings. The highest BCUT2D eigenvalue weighted by Crippen LogP contribution is 2.29. The van der Waals surface area contributed by atoms with Crippen molar-refractivity contribution in [2.45, 2.75) is 116 Å². The largest absolute Gasteiger partial charge is 1.00 e. The number of rotatable bonds is 17. The molecule has 0 aliphatic heterocycles. The molecule has 0 spiro atoms. The predicted molar refractivity (Wildman–Crippen MR) is 141 cm³/mol. The fourth-order valence-corrected chi connectivity index (χ4v) is 5.42. The van der Waals surface area contributed by atoms with Crippen LogP contribution in [-0.2, 0) is 4.74 Å². The average Bonchev–Trinajstić information content (AvgIpc) is 2.81. The van der Waals surface area contributed by atoms with Crippen LogP contribution in [0.25, 0.3) is 0 Å². The fraction of sp³-hybridized carbons (Fsp3) is 0.767. The molecular weight excluding hydrogens is 486 g/mol. The van der Waals surface area contributed by atoms with E-state index in [0.717, 1.165) is 17.4 Å². The maximum Gasteiger partial charge on any atom is 0.338 e. The molecule has 0 aromatic heterocycles. The highest BCUT2D eigenvalue weighted by atomic mass is 79.9. The van der Waals surface area contributed by atoms with Gasteiger partial charge in [-0.1, -0.05) is 95.8 Å². The van der Waals surface area contributed by atoms with E-state index in [-0.39, 0.29) is 29.1 Å². The zero-order chi connectivity index (χ0) is 23.8. The van der Waals surface area contributed by atoms with Crippen molar-refractivity contribution < 1.29 is 31.0 Å². The molecule has 1 aromatic rings. The normalized spacial score (nSPS) is 18.3. The first-order chi connectivity index (χ1) is 16.0. The Hall–Kier alpha value is -0.870. The maximum atomic E-state index is 12.6. The van der Waals surface area contributed by atoms with Crippen LogP contribution in [0, 0.1) is 5.92 Å². The van der Waals surface area contributed by atoms with E-state index in [0.29, 0.717) is 11.5 Å². The lowest BCUT2D eigenvalue weighted by atomic mass is 9.85. The Balaban J connectivity index is 0.00000578. The molecule has 1 saturated carbocycles. The van der Waals surface area contributed by atoms with Crippen molar-refractivity contribution in [1.29, 1.82) is 0 Å². The summed E-state index contributed by atoms with van der Waals surface area (Å²) in [5.74, 6) is 0.331. The highest BCUT2D eigenvalue weighted by Gasteiger charge is 2.33. The van der Waals surface area contributed by atoms with Crippen molar-refractivity contribution >= 4 is 5.97 Å². The molecule has 1 aromatic carbocycles. The minimum absolute atomic E-state index is 0. The van der Waals surface area contributed by atoms with Crippen LogP contribution in [0.5, 0.6) is 0 Å². The van der Waals surface area contributed by atoms with E-state index in [4.69, 9.17) is 4.74 Å². The van der Waals surface area contributed by atoms with Gasteiger partial charge >= 0.3 is 5.97 Å². The van der Waals surface area contributed by atoms with Gasteiger partial charge in [-0.05, 0) is 44.2 Å². The molecule has 0 saturated heterocycles. The second-order valence-corrected chi connectivity index (χ2v) is 11.1. The Morgan fingerprint density at radius 2 is 1.35 bits per heavy atom. The van der Waals surface area contributed by atoms with Crippen LogP contribution >= 0.6 is 0 Å². The highest BCUT2D eigenvalue weighted by molar-refractivity contribution is 5.89. The number of halogens is 1. The van der Waals surface area contributed by atoms with E-state index in [2.05, 4.69) is 21.0 Å². The van der Waals surface area contributed by atoms with Gasteiger partial charge in [-0.3, -0.25) is 0 Å². The summed E-state index contributed by atoms with van der Waals surface area (Å²) in [6.07, 6.45) is 21.5. The van der Waals surface area contributed by atoms with Crippen molar-refractivity contribution in [2.24, 2.45) is 5.92 Å². The van der Waals surface area contributed by atoms with Crippen LogP contribution < -0.4 is 17.0 Å². The molecule has 0 radical (unpaired) electrons. The second kappa shape index (κ2) is 18.4. The summed E-state index contributed by atoms with van der Waals surface area (Å²) in [7, 11) is 4.73. The van der Waals surface area contributed by atoms with Gasteiger partial charge in [0.2, 0.25) is 0 Å². The summed E-state index contributed by atoms with van der Waals surface area (Å²) in [6, 6.07) is 9.46. The molecule has 1 aliphatic carbocycles. The van der Waals surface area contributed by atoms with E-state index in [9.17, 15) is 4.79 Å². The van der Waals surface area contributed by atoms with Crippen LogP contribution in [0.3, 0.4) is 0 Å². The quantitative estimate of drug-likeness (QED) is 0.155. The summed E-state index contributed by atoms with van der Waals surface area (Å²) in [4.78, 5) is 12.6. The number of quaternary nitrogens is 1. The van der Waals surface area contributed by atoms with E-state index in [1.165, 1.54) is 103 Å². The smallest absolute Gasteiger partial charge is 0.338 e. The Kier molecular flexibility index (Phi) is 16.9. The van der Waals surface area contributed by atoms with Crippen LogP contribution in [0.1, 0.15) is 120 Å². The van der Waals surface area contributed by atoms with Crippen molar-refractivity contribution in [3.8, 4) is 0 Å². The molecule has 0 bridgehead atoms. The van der Waals surface area contributed by atoms with E-state index < -0.39 is 0 Å². The molecule has 2 rings (SSSR count). The standard InChI is InChI=1S/C30H52NO2.BrH/c1-4-5-6-7-8-9-10-11-12-13-14-20-25-31(2,3)26-28-23-18-19-24-29(28)33-30(32)27-21-16-15-17-22-27;/h15-17,21-22,28-29H,4-14,18-20,23-26H2,1-3H3;1H/q+1;/p-1/t28-,29-;/m1./s1. The van der Waals surface area contributed by atoms with Crippen LogP contribution in [0.4, 0.5) is 0 Å². The van der Waals surface area contributed by atoms with Crippen molar-refractivity contribution in [3.63, 3.8) is 0 Å². The van der Waals surface area contributed by atoms with Crippen molar-refractivity contribution in [3.05, 3.63) is 35.9 Å². The first-order valence-electron chi connectivity index (χ1n) is 14.1. The van der Waals surface area contributed by atoms with Gasteiger partial charge in [0.05, 0.1) is 32.7 Å². The predicted octanol–water partition coefficient (Wildman–Crippen LogP) is 5.18. The van der Waals surface area contributed by atoms with E-state index in [1.807, 2.05) is 30.3 Å². The molecule has 2 atom stereocenters. The van der Waals surface area contributed by atoms with Gasteiger partial charge in [0.15, 0.2) is 0 Å². The Morgan fingerprint density at radius 1 is 0.824 bits per heavy atom. The summed E-state index contributed by atoms with van der Waals surface area (Å²) in [5, 5.41) is 0. The third-order valence-electron chi connectivity index (χ3n) is 7.45. The van der Waals surface area contributed by atoms with Gasteiger partial charge in [0, 0.05) is 5.92 Å². The number of carbonyl (C=O) groups excluding carboxylic acids is 1. The van der Waals surface area contributed by atoms with Crippen LogP contribution in [-0.4, -0.2) is 43.7 Å². The van der Waals surface area contributed by atoms with Crippen LogP contribution in [0.15, 0.2) is 30.3 Å². The SMILES string of the molecule is CCCCCCCCCCCCCC[N+](C)(C)C[C@H]1CCCC[C@H]1OC(=O)c1ccccc1.[Br-]. The summed E-state index contributed by atoms with van der Waals surface area (Å²) >= 11 is 0. The Bertz CT molecular complexity index is 634. The molecule has 196 valence electrons. The number of hydrogen-bond acceptors (Lipinski definition) is 2. The summed E-state index contributed by atoms with van der Waals surface area (Å²) in [6.45, 7) is 4.63. The number of nitrogens with zero attached hydrogens (tertiary/aromatic N) is 1. The third-order valence-corrected chi connectivity index (χ3v) is 7.45. The second-order valence-electron chi connectivity index (χ2n) is 11.1. The van der Waals surface area contributed by atoms with Crippen molar-refractivity contribution in [1.82, 2.24) is 0 Å². The monoisotopic (exact) mass is 537 g/mol. The van der Waals surface area contributed by atoms with Gasteiger partial charge in [-0.25, -0.2) is 4.79 Å². The van der Waals surface area contributed by atoms with Crippen molar-refractivity contribution in [2.75, 3.05) is 27.2 Å². The zero-order valence-electron chi connectivity index (χ0n) is 22.4. The average molecular weight is 539 g/mol. The molecule has 34 heavy (non-hydrogen) atoms. The topological polar surface area (TPSA) is 26.3 Å². The molecular formula is C30H52BrNO2. The molecule has 3 nitrogen and oxygen atoms in total. The molecule has 0 unspecified atom stereocenters. The fourth-order valence-electron chi connectivity index (χ4n) is 5.42. The van der Waals surface area contributed by atoms with E-state index >= 15 is 0 Å². The number of unbranched alkanes of at least 4 members (excludes halogenated alkanes) is 11. The minimum Gasteiger partial charge on any atom is -1.00 e. The molecule has 0 heterocycles. The minimum atomic E-state index is -0.154. The van der Waals surface area contributed by atoms with E-state index in [1.54, 1.807) is 0 Å². The third kappa shape index (κ3) is 13.3. The lowest BCUT2D eigenvalue weighted by molar-refractivity contribution is -0.894. The lowest BCUT2D eigenvalue weighted by Gasteiger charge is -2.38. The number of esters is 1. The van der Waals surface area contributed by atoms with Gasteiger partial charge in [-0.2, -0.15) is 0 Å². The maximum absolute atomic E-state index is 12.6. The summed E-state index contributed by atoms with van der Waals surface area (Å²) in [5.41, 5.74) is 0.673. The number of benzene rings is 1. The molecule has 0 amide bonds.